The van der Waals surface area contributed by atoms with Gasteiger partial charge in [-0.1, -0.05) is 36.4 Å². The molecular weight excluding hydrogens is 294 g/mol. The molecule has 0 saturated carbocycles. The quantitative estimate of drug-likeness (QED) is 0.881. The summed E-state index contributed by atoms with van der Waals surface area (Å²) < 4.78 is 11.2. The van der Waals surface area contributed by atoms with Crippen LogP contribution in [-0.2, 0) is 17.8 Å². The first-order valence-corrected chi connectivity index (χ1v) is 7.61. The van der Waals surface area contributed by atoms with Gasteiger partial charge in [0, 0.05) is 6.54 Å². The van der Waals surface area contributed by atoms with Crippen LogP contribution in [-0.4, -0.2) is 30.3 Å². The van der Waals surface area contributed by atoms with E-state index in [1.165, 1.54) is 5.56 Å². The highest BCUT2D eigenvalue weighted by molar-refractivity contribution is 5.81. The van der Waals surface area contributed by atoms with Gasteiger partial charge in [-0.25, -0.2) is 0 Å². The maximum Gasteiger partial charge on any atom is 0.264 e. The number of amides is 1. The van der Waals surface area contributed by atoms with E-state index in [2.05, 4.69) is 5.32 Å². The van der Waals surface area contributed by atoms with Crippen LogP contribution < -0.4 is 14.8 Å². The van der Waals surface area contributed by atoms with Crippen molar-refractivity contribution in [2.45, 2.75) is 19.1 Å². The van der Waals surface area contributed by atoms with E-state index in [1.807, 2.05) is 30.3 Å². The average Bonchev–Trinajstić information content (AvgIpc) is 2.61. The molecule has 1 aliphatic rings. The first-order valence-electron chi connectivity index (χ1n) is 7.61. The topological polar surface area (TPSA) is 67.8 Å². The molecule has 0 saturated heterocycles. The Balaban J connectivity index is 1.54. The molecule has 23 heavy (non-hydrogen) atoms. The summed E-state index contributed by atoms with van der Waals surface area (Å²) in [7, 11) is 0. The van der Waals surface area contributed by atoms with Gasteiger partial charge in [-0.3, -0.25) is 4.79 Å². The van der Waals surface area contributed by atoms with Crippen LogP contribution in [0.5, 0.6) is 11.5 Å². The highest BCUT2D eigenvalue weighted by Crippen LogP contribution is 2.32. The average molecular weight is 313 g/mol. The Morgan fingerprint density at radius 3 is 2.74 bits per heavy atom. The number of carbonyl (C=O) groups is 1. The fourth-order valence-corrected chi connectivity index (χ4v) is 2.43. The van der Waals surface area contributed by atoms with E-state index in [0.29, 0.717) is 18.0 Å². The predicted molar refractivity (Wildman–Crippen MR) is 85.4 cm³/mol. The van der Waals surface area contributed by atoms with Gasteiger partial charge in [0.2, 0.25) is 6.10 Å². The third-order valence-corrected chi connectivity index (χ3v) is 3.70. The summed E-state index contributed by atoms with van der Waals surface area (Å²) in [4.78, 5) is 12.2. The number of aliphatic hydroxyl groups excluding tert-OH is 1. The van der Waals surface area contributed by atoms with Crippen molar-refractivity contribution in [1.29, 1.82) is 0 Å². The zero-order valence-electron chi connectivity index (χ0n) is 12.7. The number of rotatable bonds is 5. The molecule has 120 valence electrons. The minimum absolute atomic E-state index is 0.0788. The van der Waals surface area contributed by atoms with Crippen molar-refractivity contribution < 1.29 is 19.4 Å². The first-order chi connectivity index (χ1) is 11.3. The number of benzene rings is 2. The third kappa shape index (κ3) is 3.81. The van der Waals surface area contributed by atoms with Crippen LogP contribution in [0.15, 0.2) is 48.5 Å². The minimum Gasteiger partial charge on any atom is -0.485 e. The maximum atomic E-state index is 12.2. The summed E-state index contributed by atoms with van der Waals surface area (Å²) >= 11 is 0. The summed E-state index contributed by atoms with van der Waals surface area (Å²) in [6.45, 7) is 0.652. The van der Waals surface area contributed by atoms with Gasteiger partial charge in [-0.15, -0.1) is 0 Å². The molecule has 0 aliphatic carbocycles. The molecule has 1 unspecified atom stereocenters. The number of hydrogen-bond donors (Lipinski definition) is 2. The molecule has 0 spiro atoms. The van der Waals surface area contributed by atoms with Crippen molar-refractivity contribution in [2.75, 3.05) is 13.2 Å². The second-order valence-corrected chi connectivity index (χ2v) is 5.38. The third-order valence-electron chi connectivity index (χ3n) is 3.70. The Morgan fingerprint density at radius 1 is 1.13 bits per heavy atom. The molecule has 2 aromatic rings. The second-order valence-electron chi connectivity index (χ2n) is 5.38. The summed E-state index contributed by atoms with van der Waals surface area (Å²) in [5, 5.41) is 12.0. The second kappa shape index (κ2) is 7.15. The number of fused-ring (bicyclic) bond motifs is 1. The number of hydrogen-bond acceptors (Lipinski definition) is 4. The van der Waals surface area contributed by atoms with E-state index < -0.39 is 6.10 Å². The Kier molecular flexibility index (Phi) is 4.78. The van der Waals surface area contributed by atoms with Crippen molar-refractivity contribution >= 4 is 5.91 Å². The molecule has 5 heteroatoms. The van der Waals surface area contributed by atoms with Crippen molar-refractivity contribution in [3.8, 4) is 11.5 Å². The van der Waals surface area contributed by atoms with E-state index in [-0.39, 0.29) is 19.1 Å². The molecule has 0 aromatic heterocycles. The number of nitrogens with one attached hydrogen (secondary N) is 1. The Bertz CT molecular complexity index is 672. The highest BCUT2D eigenvalue weighted by Gasteiger charge is 2.27. The molecule has 1 aliphatic heterocycles. The summed E-state index contributed by atoms with van der Waals surface area (Å²) in [6, 6.07) is 15.2. The molecule has 0 fully saturated rings. The van der Waals surface area contributed by atoms with Crippen LogP contribution in [0.25, 0.3) is 0 Å². The van der Waals surface area contributed by atoms with Gasteiger partial charge in [0.25, 0.3) is 5.91 Å². The molecule has 3 rings (SSSR count). The SMILES string of the molecule is O=C(NCCc1ccccc1)C1COc2ccc(CO)cc2O1. The van der Waals surface area contributed by atoms with E-state index in [4.69, 9.17) is 14.6 Å². The van der Waals surface area contributed by atoms with Gasteiger partial charge in [-0.2, -0.15) is 0 Å². The molecule has 0 bridgehead atoms. The van der Waals surface area contributed by atoms with E-state index in [9.17, 15) is 4.79 Å². The van der Waals surface area contributed by atoms with Crippen LogP contribution in [0.4, 0.5) is 0 Å². The summed E-state index contributed by atoms with van der Waals surface area (Å²) in [5.41, 5.74) is 1.89. The van der Waals surface area contributed by atoms with Gasteiger partial charge < -0.3 is 19.9 Å². The van der Waals surface area contributed by atoms with Gasteiger partial charge in [0.05, 0.1) is 6.61 Å². The van der Waals surface area contributed by atoms with E-state index in [0.717, 1.165) is 12.0 Å². The normalized spacial score (nSPS) is 16.0. The molecule has 1 heterocycles. The highest BCUT2D eigenvalue weighted by atomic mass is 16.6. The van der Waals surface area contributed by atoms with Crippen LogP contribution in [0.1, 0.15) is 11.1 Å². The summed E-state index contributed by atoms with van der Waals surface area (Å²) in [5.74, 6) is 0.891. The fourth-order valence-electron chi connectivity index (χ4n) is 2.43. The molecule has 5 nitrogen and oxygen atoms in total. The van der Waals surface area contributed by atoms with Crippen LogP contribution >= 0.6 is 0 Å². The zero-order chi connectivity index (χ0) is 16.1. The zero-order valence-corrected chi connectivity index (χ0v) is 12.7. The van der Waals surface area contributed by atoms with E-state index in [1.54, 1.807) is 18.2 Å². The van der Waals surface area contributed by atoms with E-state index >= 15 is 0 Å². The summed E-state index contributed by atoms with van der Waals surface area (Å²) in [6.07, 6.45) is 0.0954. The first kappa shape index (κ1) is 15.4. The van der Waals surface area contributed by atoms with Crippen molar-refractivity contribution in [2.24, 2.45) is 0 Å². The largest absolute Gasteiger partial charge is 0.485 e. The molecule has 1 amide bonds. The maximum absolute atomic E-state index is 12.2. The molecule has 2 N–H and O–H groups in total. The standard InChI is InChI=1S/C18H19NO4/c20-11-14-6-7-15-16(10-14)23-17(12-22-15)18(21)19-9-8-13-4-2-1-3-5-13/h1-7,10,17,20H,8-9,11-12H2,(H,19,21). The van der Waals surface area contributed by atoms with Gasteiger partial charge in [0.1, 0.15) is 6.61 Å². The van der Waals surface area contributed by atoms with Crippen LogP contribution in [0.2, 0.25) is 0 Å². The van der Waals surface area contributed by atoms with Gasteiger partial charge in [-0.05, 0) is 29.7 Å². The smallest absolute Gasteiger partial charge is 0.264 e. The Morgan fingerprint density at radius 2 is 1.96 bits per heavy atom. The predicted octanol–water partition coefficient (Wildman–Crippen LogP) is 1.68. The molecule has 0 radical (unpaired) electrons. The van der Waals surface area contributed by atoms with Crippen LogP contribution in [0.3, 0.4) is 0 Å². The lowest BCUT2D eigenvalue weighted by atomic mass is 10.1. The van der Waals surface area contributed by atoms with Crippen molar-refractivity contribution in [3.63, 3.8) is 0 Å². The van der Waals surface area contributed by atoms with Crippen molar-refractivity contribution in [1.82, 2.24) is 5.32 Å². The Labute approximate surface area is 134 Å². The Hall–Kier alpha value is -2.53. The lowest BCUT2D eigenvalue weighted by molar-refractivity contribution is -0.130. The number of carbonyl (C=O) groups excluding carboxylic acids is 1. The van der Waals surface area contributed by atoms with Gasteiger partial charge in [0.15, 0.2) is 11.5 Å². The molecule has 2 aromatic carbocycles. The fraction of sp³-hybridized carbons (Fsp3) is 0.278. The van der Waals surface area contributed by atoms with Gasteiger partial charge >= 0.3 is 0 Å². The number of ether oxygens (including phenoxy) is 2. The minimum atomic E-state index is -0.674. The number of aliphatic hydroxyl groups is 1. The lowest BCUT2D eigenvalue weighted by Gasteiger charge is -2.26. The lowest BCUT2D eigenvalue weighted by Crippen LogP contribution is -2.44. The van der Waals surface area contributed by atoms with Crippen LogP contribution in [0, 0.1) is 0 Å². The molecule has 1 atom stereocenters. The van der Waals surface area contributed by atoms with Crippen molar-refractivity contribution in [3.05, 3.63) is 59.7 Å². The monoisotopic (exact) mass is 313 g/mol. The molecular formula is C18H19NO4.